The summed E-state index contributed by atoms with van der Waals surface area (Å²) in [5.41, 5.74) is -0.999. The number of rotatable bonds is 3. The Hall–Kier alpha value is -1.20. The van der Waals surface area contributed by atoms with Crippen LogP contribution in [0.3, 0.4) is 0 Å². The number of aliphatic carboxylic acids is 1. The van der Waals surface area contributed by atoms with E-state index in [0.717, 1.165) is 4.90 Å². The van der Waals surface area contributed by atoms with E-state index in [0.29, 0.717) is 12.8 Å². The molecule has 1 amide bonds. The summed E-state index contributed by atoms with van der Waals surface area (Å²) in [6.45, 7) is 3.52. The SMILES string of the molecule is CC(C)(C(=O)O)C1CCCN(C(=O)C(F)F)C1. The van der Waals surface area contributed by atoms with Crippen molar-refractivity contribution in [1.82, 2.24) is 4.90 Å². The van der Waals surface area contributed by atoms with Gasteiger partial charge >= 0.3 is 12.4 Å². The van der Waals surface area contributed by atoms with Gasteiger partial charge in [0.1, 0.15) is 0 Å². The van der Waals surface area contributed by atoms with E-state index >= 15 is 0 Å². The minimum Gasteiger partial charge on any atom is -0.481 e. The number of halogens is 2. The average Bonchev–Trinajstić information content (AvgIpc) is 2.27. The largest absolute Gasteiger partial charge is 0.481 e. The monoisotopic (exact) mass is 249 g/mol. The molecule has 0 aromatic rings. The summed E-state index contributed by atoms with van der Waals surface area (Å²) >= 11 is 0. The summed E-state index contributed by atoms with van der Waals surface area (Å²) in [7, 11) is 0. The number of carboxylic acid groups (broad SMARTS) is 1. The molecule has 1 heterocycles. The van der Waals surface area contributed by atoms with Crippen molar-refractivity contribution in [2.45, 2.75) is 33.1 Å². The Morgan fingerprint density at radius 1 is 1.41 bits per heavy atom. The molecule has 0 saturated carbocycles. The Bertz CT molecular complexity index is 318. The first-order valence-corrected chi connectivity index (χ1v) is 5.57. The fourth-order valence-corrected chi connectivity index (χ4v) is 2.08. The zero-order chi connectivity index (χ0) is 13.2. The van der Waals surface area contributed by atoms with Gasteiger partial charge in [0.15, 0.2) is 0 Å². The Kier molecular flexibility index (Phi) is 4.06. The minimum absolute atomic E-state index is 0.0997. The third-order valence-electron chi connectivity index (χ3n) is 3.49. The average molecular weight is 249 g/mol. The number of piperidine rings is 1. The molecule has 98 valence electrons. The quantitative estimate of drug-likeness (QED) is 0.826. The van der Waals surface area contributed by atoms with Crippen molar-refractivity contribution < 1.29 is 23.5 Å². The molecule has 0 aromatic heterocycles. The molecule has 1 rings (SSSR count). The summed E-state index contributed by atoms with van der Waals surface area (Å²) in [5.74, 6) is -2.44. The molecule has 0 aromatic carbocycles. The third kappa shape index (κ3) is 2.92. The van der Waals surface area contributed by atoms with Gasteiger partial charge in [-0.3, -0.25) is 9.59 Å². The van der Waals surface area contributed by atoms with E-state index < -0.39 is 23.7 Å². The molecule has 0 spiro atoms. The van der Waals surface area contributed by atoms with Gasteiger partial charge in [0, 0.05) is 13.1 Å². The summed E-state index contributed by atoms with van der Waals surface area (Å²) in [4.78, 5) is 23.3. The van der Waals surface area contributed by atoms with Crippen molar-refractivity contribution in [3.63, 3.8) is 0 Å². The lowest BCUT2D eigenvalue weighted by molar-refractivity contribution is -0.155. The Morgan fingerprint density at radius 3 is 2.47 bits per heavy atom. The van der Waals surface area contributed by atoms with E-state index in [4.69, 9.17) is 5.11 Å². The highest BCUT2D eigenvalue weighted by molar-refractivity contribution is 5.79. The lowest BCUT2D eigenvalue weighted by atomic mass is 9.74. The summed E-state index contributed by atoms with van der Waals surface area (Å²) in [5, 5.41) is 9.08. The number of hydrogen-bond donors (Lipinski definition) is 1. The minimum atomic E-state index is -3.01. The van der Waals surface area contributed by atoms with Crippen LogP contribution in [-0.4, -0.2) is 41.4 Å². The number of nitrogens with zero attached hydrogens (tertiary/aromatic N) is 1. The van der Waals surface area contributed by atoms with Crippen LogP contribution in [0.1, 0.15) is 26.7 Å². The standard InChI is InChI=1S/C11H17F2NO3/c1-11(2,10(16)17)7-4-3-5-14(6-7)9(15)8(12)13/h7-8H,3-6H2,1-2H3,(H,16,17). The smallest absolute Gasteiger partial charge is 0.315 e. The highest BCUT2D eigenvalue weighted by atomic mass is 19.3. The van der Waals surface area contributed by atoms with Crippen molar-refractivity contribution in [1.29, 1.82) is 0 Å². The van der Waals surface area contributed by atoms with Gasteiger partial charge in [-0.25, -0.2) is 0 Å². The molecule has 4 nitrogen and oxygen atoms in total. The van der Waals surface area contributed by atoms with Gasteiger partial charge in [-0.1, -0.05) is 0 Å². The number of likely N-dealkylation sites (tertiary alicyclic amines) is 1. The maximum absolute atomic E-state index is 12.3. The van der Waals surface area contributed by atoms with Crippen LogP contribution in [0.25, 0.3) is 0 Å². The van der Waals surface area contributed by atoms with Gasteiger partial charge in [-0.15, -0.1) is 0 Å². The second kappa shape index (κ2) is 4.98. The molecule has 1 fully saturated rings. The summed E-state index contributed by atoms with van der Waals surface area (Å²) in [6, 6.07) is 0. The van der Waals surface area contributed by atoms with Crippen molar-refractivity contribution >= 4 is 11.9 Å². The predicted octanol–water partition coefficient (Wildman–Crippen LogP) is 1.60. The fourth-order valence-electron chi connectivity index (χ4n) is 2.08. The lowest BCUT2D eigenvalue weighted by Gasteiger charge is -2.39. The number of alkyl halides is 2. The zero-order valence-corrected chi connectivity index (χ0v) is 9.95. The van der Waals surface area contributed by atoms with Crippen LogP contribution in [-0.2, 0) is 9.59 Å². The fraction of sp³-hybridized carbons (Fsp3) is 0.818. The van der Waals surface area contributed by atoms with Gasteiger partial charge in [0.2, 0.25) is 0 Å². The van der Waals surface area contributed by atoms with E-state index in [1.807, 2.05) is 0 Å². The lowest BCUT2D eigenvalue weighted by Crippen LogP contribution is -2.48. The van der Waals surface area contributed by atoms with Crippen LogP contribution in [0.2, 0.25) is 0 Å². The van der Waals surface area contributed by atoms with Gasteiger partial charge in [0.25, 0.3) is 5.91 Å². The maximum atomic E-state index is 12.3. The molecule has 1 unspecified atom stereocenters. The highest BCUT2D eigenvalue weighted by Crippen LogP contribution is 2.34. The van der Waals surface area contributed by atoms with Crippen LogP contribution < -0.4 is 0 Å². The van der Waals surface area contributed by atoms with Crippen LogP contribution in [0, 0.1) is 11.3 Å². The Morgan fingerprint density at radius 2 is 2.00 bits per heavy atom. The van der Waals surface area contributed by atoms with Crippen molar-refractivity contribution in [3.05, 3.63) is 0 Å². The molecular weight excluding hydrogens is 232 g/mol. The predicted molar refractivity (Wildman–Crippen MR) is 56.7 cm³/mol. The van der Waals surface area contributed by atoms with Crippen LogP contribution in [0.4, 0.5) is 8.78 Å². The van der Waals surface area contributed by atoms with E-state index in [1.54, 1.807) is 13.8 Å². The molecule has 0 radical (unpaired) electrons. The summed E-state index contributed by atoms with van der Waals surface area (Å²) in [6.07, 6.45) is -1.80. The van der Waals surface area contributed by atoms with Gasteiger partial charge in [-0.2, -0.15) is 8.78 Å². The maximum Gasteiger partial charge on any atom is 0.315 e. The molecule has 1 saturated heterocycles. The van der Waals surface area contributed by atoms with Gasteiger partial charge < -0.3 is 10.0 Å². The normalized spacial score (nSPS) is 21.7. The second-order valence-corrected chi connectivity index (χ2v) is 4.95. The van der Waals surface area contributed by atoms with E-state index in [1.165, 1.54) is 0 Å². The Balaban J connectivity index is 2.73. The Labute approximate surface area is 98.6 Å². The number of carbonyl (C=O) groups is 2. The van der Waals surface area contributed by atoms with Crippen molar-refractivity contribution in [2.75, 3.05) is 13.1 Å². The molecule has 0 bridgehead atoms. The molecular formula is C11H17F2NO3. The van der Waals surface area contributed by atoms with Gasteiger partial charge in [0.05, 0.1) is 5.41 Å². The molecule has 1 atom stereocenters. The number of amides is 1. The molecule has 17 heavy (non-hydrogen) atoms. The second-order valence-electron chi connectivity index (χ2n) is 4.95. The molecule has 0 aliphatic carbocycles. The van der Waals surface area contributed by atoms with Gasteiger partial charge in [-0.05, 0) is 32.6 Å². The number of carboxylic acids is 1. The third-order valence-corrected chi connectivity index (χ3v) is 3.49. The highest BCUT2D eigenvalue weighted by Gasteiger charge is 2.40. The zero-order valence-electron chi connectivity index (χ0n) is 9.95. The molecule has 1 N–H and O–H groups in total. The number of carbonyl (C=O) groups excluding carboxylic acids is 1. The first-order chi connectivity index (χ1) is 7.76. The van der Waals surface area contributed by atoms with E-state index in [2.05, 4.69) is 0 Å². The first kappa shape index (κ1) is 13.9. The van der Waals surface area contributed by atoms with E-state index in [9.17, 15) is 18.4 Å². The molecule has 1 aliphatic rings. The topological polar surface area (TPSA) is 57.6 Å². The van der Waals surface area contributed by atoms with Crippen molar-refractivity contribution in [3.8, 4) is 0 Å². The number of hydrogen-bond acceptors (Lipinski definition) is 2. The van der Waals surface area contributed by atoms with E-state index in [-0.39, 0.29) is 19.0 Å². The van der Waals surface area contributed by atoms with Crippen LogP contribution in [0.15, 0.2) is 0 Å². The molecule has 1 aliphatic heterocycles. The van der Waals surface area contributed by atoms with Crippen molar-refractivity contribution in [2.24, 2.45) is 11.3 Å². The van der Waals surface area contributed by atoms with Crippen LogP contribution >= 0.6 is 0 Å². The first-order valence-electron chi connectivity index (χ1n) is 5.57. The van der Waals surface area contributed by atoms with Crippen LogP contribution in [0.5, 0.6) is 0 Å². The summed E-state index contributed by atoms with van der Waals surface area (Å²) < 4.78 is 24.6. The molecule has 6 heteroatoms.